The number of nitrogens with one attached hydrogen (secondary N) is 1. The summed E-state index contributed by atoms with van der Waals surface area (Å²) in [6.45, 7) is 3.06. The second kappa shape index (κ2) is 6.99. The number of aryl methyl sites for hydroxylation is 1. The Morgan fingerprint density at radius 3 is 2.85 bits per heavy atom. The van der Waals surface area contributed by atoms with Gasteiger partial charge in [0.05, 0.1) is 10.7 Å². The number of benzene rings is 1. The largest absolute Gasteiger partial charge is 0.310 e. The maximum atomic E-state index is 13.4. The van der Waals surface area contributed by atoms with Crippen molar-refractivity contribution in [2.75, 3.05) is 6.54 Å². The highest BCUT2D eigenvalue weighted by Gasteiger charge is 2.14. The molecule has 1 aromatic heterocycles. The Labute approximate surface area is 127 Å². The number of rotatable bonds is 6. The van der Waals surface area contributed by atoms with Crippen LogP contribution in [0.4, 0.5) is 4.39 Å². The van der Waals surface area contributed by atoms with E-state index in [0.29, 0.717) is 4.47 Å². The third-order valence-corrected chi connectivity index (χ3v) is 3.79. The van der Waals surface area contributed by atoms with Crippen LogP contribution in [0.2, 0.25) is 0 Å². The van der Waals surface area contributed by atoms with Gasteiger partial charge in [0.2, 0.25) is 0 Å². The van der Waals surface area contributed by atoms with Crippen LogP contribution >= 0.6 is 15.9 Å². The minimum absolute atomic E-state index is 0.163. The zero-order chi connectivity index (χ0) is 14.5. The first-order chi connectivity index (χ1) is 9.60. The Morgan fingerprint density at radius 1 is 1.45 bits per heavy atom. The molecule has 1 aromatic carbocycles. The highest BCUT2D eigenvalue weighted by molar-refractivity contribution is 9.10. The molecule has 0 amide bonds. The lowest BCUT2D eigenvalue weighted by Crippen LogP contribution is -2.24. The smallest absolute Gasteiger partial charge is 0.137 e. The van der Waals surface area contributed by atoms with E-state index in [4.69, 9.17) is 0 Å². The van der Waals surface area contributed by atoms with Crippen molar-refractivity contribution in [2.45, 2.75) is 25.8 Å². The molecule has 0 spiro atoms. The standard InChI is InChI=1S/C15H19BrFN3/c1-3-6-18-15(7-11-9-19-20(2)10-11)12-4-5-14(17)13(16)8-12/h4-5,8-10,15,18H,3,6-7H2,1-2H3. The molecule has 1 N–H and O–H groups in total. The van der Waals surface area contributed by atoms with Gasteiger partial charge in [-0.3, -0.25) is 4.68 Å². The SMILES string of the molecule is CCCNC(Cc1cnn(C)c1)c1ccc(F)c(Br)c1. The fraction of sp³-hybridized carbons (Fsp3) is 0.400. The highest BCUT2D eigenvalue weighted by atomic mass is 79.9. The van der Waals surface area contributed by atoms with Gasteiger partial charge in [0.15, 0.2) is 0 Å². The molecular weight excluding hydrogens is 321 g/mol. The normalized spacial score (nSPS) is 12.6. The fourth-order valence-electron chi connectivity index (χ4n) is 2.17. The first-order valence-corrected chi connectivity index (χ1v) is 7.55. The number of aromatic nitrogens is 2. The lowest BCUT2D eigenvalue weighted by Gasteiger charge is -2.19. The summed E-state index contributed by atoms with van der Waals surface area (Å²) in [5, 5.41) is 7.70. The summed E-state index contributed by atoms with van der Waals surface area (Å²) in [6.07, 6.45) is 5.79. The second-order valence-corrected chi connectivity index (χ2v) is 5.76. The van der Waals surface area contributed by atoms with Crippen LogP contribution in [-0.2, 0) is 13.5 Å². The molecule has 1 heterocycles. The molecule has 3 nitrogen and oxygen atoms in total. The van der Waals surface area contributed by atoms with Gasteiger partial charge < -0.3 is 5.32 Å². The second-order valence-electron chi connectivity index (χ2n) is 4.91. The van der Waals surface area contributed by atoms with E-state index < -0.39 is 0 Å². The van der Waals surface area contributed by atoms with Gasteiger partial charge in [0, 0.05) is 19.3 Å². The van der Waals surface area contributed by atoms with Crippen molar-refractivity contribution in [3.63, 3.8) is 0 Å². The zero-order valence-electron chi connectivity index (χ0n) is 11.7. The summed E-state index contributed by atoms with van der Waals surface area (Å²) in [7, 11) is 1.91. The average Bonchev–Trinajstić information content (AvgIpc) is 2.83. The molecule has 0 saturated heterocycles. The van der Waals surface area contributed by atoms with Gasteiger partial charge in [0.25, 0.3) is 0 Å². The predicted molar refractivity (Wildman–Crippen MR) is 82.0 cm³/mol. The molecule has 0 fully saturated rings. The van der Waals surface area contributed by atoms with Crippen LogP contribution in [0.5, 0.6) is 0 Å². The zero-order valence-corrected chi connectivity index (χ0v) is 13.3. The molecule has 2 aromatic rings. The van der Waals surface area contributed by atoms with Crippen LogP contribution in [0, 0.1) is 5.82 Å². The Hall–Kier alpha value is -1.20. The molecule has 108 valence electrons. The minimum atomic E-state index is -0.232. The van der Waals surface area contributed by atoms with Crippen molar-refractivity contribution >= 4 is 15.9 Å². The van der Waals surface area contributed by atoms with Crippen LogP contribution in [0.25, 0.3) is 0 Å². The topological polar surface area (TPSA) is 29.9 Å². The molecule has 0 aliphatic carbocycles. The van der Waals surface area contributed by atoms with E-state index in [1.165, 1.54) is 11.6 Å². The van der Waals surface area contributed by atoms with Crippen LogP contribution < -0.4 is 5.32 Å². The number of hydrogen-bond acceptors (Lipinski definition) is 2. The summed E-state index contributed by atoms with van der Waals surface area (Å²) < 4.78 is 15.7. The van der Waals surface area contributed by atoms with Crippen LogP contribution in [-0.4, -0.2) is 16.3 Å². The molecule has 2 rings (SSSR count). The molecule has 0 aliphatic heterocycles. The van der Waals surface area contributed by atoms with Gasteiger partial charge in [-0.15, -0.1) is 0 Å². The summed E-state index contributed by atoms with van der Waals surface area (Å²) in [5.74, 6) is -0.232. The Kier molecular flexibility index (Phi) is 5.31. The molecule has 1 unspecified atom stereocenters. The summed E-state index contributed by atoms with van der Waals surface area (Å²) in [4.78, 5) is 0. The third-order valence-electron chi connectivity index (χ3n) is 3.18. The van der Waals surface area contributed by atoms with Crippen molar-refractivity contribution in [1.29, 1.82) is 0 Å². The maximum Gasteiger partial charge on any atom is 0.137 e. The summed E-state index contributed by atoms with van der Waals surface area (Å²) >= 11 is 3.25. The fourth-order valence-corrected chi connectivity index (χ4v) is 2.57. The third kappa shape index (κ3) is 3.90. The van der Waals surface area contributed by atoms with E-state index in [9.17, 15) is 4.39 Å². The number of halogens is 2. The van der Waals surface area contributed by atoms with Gasteiger partial charge in [-0.05, 0) is 58.6 Å². The van der Waals surface area contributed by atoms with Gasteiger partial charge in [-0.1, -0.05) is 13.0 Å². The van der Waals surface area contributed by atoms with Crippen molar-refractivity contribution in [1.82, 2.24) is 15.1 Å². The average molecular weight is 340 g/mol. The minimum Gasteiger partial charge on any atom is -0.310 e. The van der Waals surface area contributed by atoms with Gasteiger partial charge >= 0.3 is 0 Å². The first kappa shape index (κ1) is 15.2. The highest BCUT2D eigenvalue weighted by Crippen LogP contribution is 2.24. The van der Waals surface area contributed by atoms with Crippen LogP contribution in [0.3, 0.4) is 0 Å². The molecule has 0 bridgehead atoms. The first-order valence-electron chi connectivity index (χ1n) is 6.76. The summed E-state index contributed by atoms with van der Waals surface area (Å²) in [5.41, 5.74) is 2.25. The Bertz CT molecular complexity index is 568. The van der Waals surface area contributed by atoms with Crippen molar-refractivity contribution < 1.29 is 4.39 Å². The summed E-state index contributed by atoms with van der Waals surface area (Å²) in [6, 6.07) is 5.35. The van der Waals surface area contributed by atoms with Crippen LogP contribution in [0.15, 0.2) is 35.1 Å². The van der Waals surface area contributed by atoms with E-state index in [1.807, 2.05) is 31.6 Å². The lowest BCUT2D eigenvalue weighted by molar-refractivity contribution is 0.527. The van der Waals surface area contributed by atoms with Crippen LogP contribution in [0.1, 0.15) is 30.5 Å². The Morgan fingerprint density at radius 2 is 2.25 bits per heavy atom. The maximum absolute atomic E-state index is 13.4. The number of hydrogen-bond donors (Lipinski definition) is 1. The molecule has 0 radical (unpaired) electrons. The quantitative estimate of drug-likeness (QED) is 0.871. The molecular formula is C15H19BrFN3. The lowest BCUT2D eigenvalue weighted by atomic mass is 10.0. The Balaban J connectivity index is 2.19. The van der Waals surface area contributed by atoms with Gasteiger partial charge in [-0.2, -0.15) is 5.10 Å². The van der Waals surface area contributed by atoms with Gasteiger partial charge in [0.1, 0.15) is 5.82 Å². The molecule has 0 saturated carbocycles. The van der Waals surface area contributed by atoms with Gasteiger partial charge in [-0.25, -0.2) is 4.39 Å². The van der Waals surface area contributed by atoms with E-state index in [-0.39, 0.29) is 11.9 Å². The van der Waals surface area contributed by atoms with E-state index in [0.717, 1.165) is 24.9 Å². The van der Waals surface area contributed by atoms with Crippen molar-refractivity contribution in [3.05, 3.63) is 52.0 Å². The van der Waals surface area contributed by atoms with E-state index >= 15 is 0 Å². The van der Waals surface area contributed by atoms with Crippen molar-refractivity contribution in [2.24, 2.45) is 7.05 Å². The number of nitrogens with zero attached hydrogens (tertiary/aromatic N) is 2. The molecule has 20 heavy (non-hydrogen) atoms. The molecule has 0 aliphatic rings. The molecule has 5 heteroatoms. The van der Waals surface area contributed by atoms with E-state index in [2.05, 4.69) is 33.3 Å². The molecule has 1 atom stereocenters. The predicted octanol–water partition coefficient (Wildman–Crippen LogP) is 3.61. The van der Waals surface area contributed by atoms with Crippen molar-refractivity contribution in [3.8, 4) is 0 Å². The van der Waals surface area contributed by atoms with E-state index in [1.54, 1.807) is 4.68 Å². The monoisotopic (exact) mass is 339 g/mol.